The number of rotatable bonds is 5. The quantitative estimate of drug-likeness (QED) is 0.884. The predicted octanol–water partition coefficient (Wildman–Crippen LogP) is 3.54. The smallest absolute Gasteiger partial charge is 0.221 e. The van der Waals surface area contributed by atoms with Gasteiger partial charge in [0.2, 0.25) is 5.91 Å². The zero-order valence-electron chi connectivity index (χ0n) is 11.3. The summed E-state index contributed by atoms with van der Waals surface area (Å²) in [5.74, 6) is -0.335. The molecule has 0 spiro atoms. The zero-order valence-corrected chi connectivity index (χ0v) is 12.0. The highest BCUT2D eigenvalue weighted by molar-refractivity contribution is 6.30. The second kappa shape index (κ2) is 6.44. The Kier molecular flexibility index (Phi) is 4.64. The molecule has 0 aromatic heterocycles. The summed E-state index contributed by atoms with van der Waals surface area (Å²) in [5, 5.41) is 4.12. The van der Waals surface area contributed by atoms with Crippen molar-refractivity contribution >= 4 is 23.2 Å². The number of hydrogen-bond acceptors (Lipinski definition) is 2. The van der Waals surface area contributed by atoms with Crippen LogP contribution >= 0.6 is 11.6 Å². The molecule has 0 bridgehead atoms. The summed E-state index contributed by atoms with van der Waals surface area (Å²) in [5.41, 5.74) is 8.23. The van der Waals surface area contributed by atoms with Gasteiger partial charge in [-0.25, -0.2) is 0 Å². The fraction of sp³-hybridized carbons (Fsp3) is 0.188. The lowest BCUT2D eigenvalue weighted by atomic mass is 10.1. The van der Waals surface area contributed by atoms with E-state index in [1.807, 2.05) is 48.5 Å². The van der Waals surface area contributed by atoms with Gasteiger partial charge < -0.3 is 11.1 Å². The summed E-state index contributed by atoms with van der Waals surface area (Å²) in [6.45, 7) is 2.06. The number of nitrogens with one attached hydrogen (secondary N) is 1. The lowest BCUT2D eigenvalue weighted by molar-refractivity contribution is -0.117. The number of hydrogen-bond donors (Lipinski definition) is 2. The average Bonchev–Trinajstić information content (AvgIpc) is 2.41. The van der Waals surface area contributed by atoms with Crippen LogP contribution in [0.1, 0.15) is 24.1 Å². The molecule has 104 valence electrons. The van der Waals surface area contributed by atoms with Crippen molar-refractivity contribution in [1.29, 1.82) is 0 Å². The number of halogens is 1. The molecule has 0 heterocycles. The Balaban J connectivity index is 2.17. The van der Waals surface area contributed by atoms with E-state index in [-0.39, 0.29) is 18.4 Å². The Bertz CT molecular complexity index is 596. The first-order chi connectivity index (χ1) is 9.56. The number of amides is 1. The standard InChI is InChI=1S/C16H17ClN2O/c1-11(12-6-8-14(17)9-7-12)19-15-5-3-2-4-13(15)10-16(18)20/h2-9,11,19H,10H2,1H3,(H2,18,20). The number of para-hydroxylation sites is 1. The maximum absolute atomic E-state index is 11.1. The summed E-state index contributed by atoms with van der Waals surface area (Å²) < 4.78 is 0. The fourth-order valence-electron chi connectivity index (χ4n) is 2.07. The van der Waals surface area contributed by atoms with Crippen molar-refractivity contribution in [3.63, 3.8) is 0 Å². The van der Waals surface area contributed by atoms with E-state index >= 15 is 0 Å². The van der Waals surface area contributed by atoms with Gasteiger partial charge in [-0.15, -0.1) is 0 Å². The molecule has 2 rings (SSSR count). The van der Waals surface area contributed by atoms with Crippen LogP contribution in [0.3, 0.4) is 0 Å². The normalized spacial score (nSPS) is 11.9. The van der Waals surface area contributed by atoms with E-state index in [1.165, 1.54) is 0 Å². The highest BCUT2D eigenvalue weighted by Gasteiger charge is 2.09. The Morgan fingerprint density at radius 1 is 1.20 bits per heavy atom. The van der Waals surface area contributed by atoms with Gasteiger partial charge >= 0.3 is 0 Å². The highest BCUT2D eigenvalue weighted by atomic mass is 35.5. The minimum atomic E-state index is -0.335. The van der Waals surface area contributed by atoms with E-state index in [0.29, 0.717) is 0 Å². The first kappa shape index (κ1) is 14.4. The minimum Gasteiger partial charge on any atom is -0.378 e. The molecule has 0 aliphatic carbocycles. The molecule has 0 aliphatic heterocycles. The van der Waals surface area contributed by atoms with Gasteiger partial charge in [0.05, 0.1) is 6.42 Å². The van der Waals surface area contributed by atoms with E-state index in [4.69, 9.17) is 17.3 Å². The van der Waals surface area contributed by atoms with Gasteiger partial charge in [-0.1, -0.05) is 41.9 Å². The van der Waals surface area contributed by atoms with Gasteiger partial charge in [0.15, 0.2) is 0 Å². The van der Waals surface area contributed by atoms with E-state index in [9.17, 15) is 4.79 Å². The molecule has 3 nitrogen and oxygen atoms in total. The lowest BCUT2D eigenvalue weighted by Crippen LogP contribution is -2.16. The Labute approximate surface area is 123 Å². The molecule has 0 fully saturated rings. The summed E-state index contributed by atoms with van der Waals surface area (Å²) in [7, 11) is 0. The maximum atomic E-state index is 11.1. The summed E-state index contributed by atoms with van der Waals surface area (Å²) in [6, 6.07) is 15.5. The molecule has 20 heavy (non-hydrogen) atoms. The summed E-state index contributed by atoms with van der Waals surface area (Å²) >= 11 is 5.89. The van der Waals surface area contributed by atoms with Crippen molar-refractivity contribution in [1.82, 2.24) is 0 Å². The number of nitrogens with two attached hydrogens (primary N) is 1. The zero-order chi connectivity index (χ0) is 14.5. The fourth-order valence-corrected chi connectivity index (χ4v) is 2.20. The van der Waals surface area contributed by atoms with Crippen LogP contribution in [0, 0.1) is 0 Å². The van der Waals surface area contributed by atoms with Crippen molar-refractivity contribution < 1.29 is 4.79 Å². The molecule has 1 atom stereocenters. The molecule has 0 radical (unpaired) electrons. The van der Waals surface area contributed by atoms with Gasteiger partial charge in [-0.3, -0.25) is 4.79 Å². The van der Waals surface area contributed by atoms with Gasteiger partial charge in [-0.05, 0) is 36.2 Å². The largest absolute Gasteiger partial charge is 0.378 e. The van der Waals surface area contributed by atoms with E-state index in [0.717, 1.165) is 21.8 Å². The first-order valence-electron chi connectivity index (χ1n) is 6.44. The number of carbonyl (C=O) groups excluding carboxylic acids is 1. The number of primary amides is 1. The van der Waals surface area contributed by atoms with Crippen LogP contribution in [0.5, 0.6) is 0 Å². The van der Waals surface area contributed by atoms with E-state index in [1.54, 1.807) is 0 Å². The molecule has 0 aliphatic rings. The maximum Gasteiger partial charge on any atom is 0.221 e. The average molecular weight is 289 g/mol. The molecule has 2 aromatic rings. The van der Waals surface area contributed by atoms with Crippen LogP contribution in [0.25, 0.3) is 0 Å². The van der Waals surface area contributed by atoms with E-state index < -0.39 is 0 Å². The van der Waals surface area contributed by atoms with Crippen LogP contribution in [0.15, 0.2) is 48.5 Å². The van der Waals surface area contributed by atoms with Gasteiger partial charge in [0, 0.05) is 16.8 Å². The van der Waals surface area contributed by atoms with Crippen LogP contribution < -0.4 is 11.1 Å². The molecule has 0 saturated heterocycles. The van der Waals surface area contributed by atoms with Gasteiger partial charge in [-0.2, -0.15) is 0 Å². The number of benzene rings is 2. The molecule has 4 heteroatoms. The van der Waals surface area contributed by atoms with Gasteiger partial charge in [0.25, 0.3) is 0 Å². The summed E-state index contributed by atoms with van der Waals surface area (Å²) in [4.78, 5) is 11.1. The monoisotopic (exact) mass is 288 g/mol. The lowest BCUT2D eigenvalue weighted by Gasteiger charge is -2.18. The van der Waals surface area contributed by atoms with E-state index in [2.05, 4.69) is 12.2 Å². The topological polar surface area (TPSA) is 55.1 Å². The van der Waals surface area contributed by atoms with Gasteiger partial charge in [0.1, 0.15) is 0 Å². The Hall–Kier alpha value is -2.00. The number of carbonyl (C=O) groups is 1. The predicted molar refractivity (Wildman–Crippen MR) is 82.8 cm³/mol. The second-order valence-corrected chi connectivity index (χ2v) is 5.15. The molecule has 3 N–H and O–H groups in total. The van der Waals surface area contributed by atoms with Crippen molar-refractivity contribution in [2.45, 2.75) is 19.4 Å². The van der Waals surface area contributed by atoms with Crippen molar-refractivity contribution in [3.8, 4) is 0 Å². The van der Waals surface area contributed by atoms with Crippen molar-refractivity contribution in [3.05, 3.63) is 64.7 Å². The Morgan fingerprint density at radius 2 is 1.85 bits per heavy atom. The third kappa shape index (κ3) is 3.75. The number of anilines is 1. The highest BCUT2D eigenvalue weighted by Crippen LogP contribution is 2.23. The minimum absolute atomic E-state index is 0.112. The molecular weight excluding hydrogens is 272 g/mol. The van der Waals surface area contributed by atoms with Crippen LogP contribution in [0.2, 0.25) is 5.02 Å². The van der Waals surface area contributed by atoms with Crippen molar-refractivity contribution in [2.24, 2.45) is 5.73 Å². The second-order valence-electron chi connectivity index (χ2n) is 4.72. The first-order valence-corrected chi connectivity index (χ1v) is 6.82. The molecule has 1 unspecified atom stereocenters. The summed E-state index contributed by atoms with van der Waals surface area (Å²) in [6.07, 6.45) is 0.233. The van der Waals surface area contributed by atoms with Crippen LogP contribution in [-0.2, 0) is 11.2 Å². The third-order valence-corrected chi connectivity index (χ3v) is 3.38. The van der Waals surface area contributed by atoms with Crippen LogP contribution in [0.4, 0.5) is 5.69 Å². The van der Waals surface area contributed by atoms with Crippen LogP contribution in [-0.4, -0.2) is 5.91 Å². The molecule has 0 saturated carbocycles. The Morgan fingerprint density at radius 3 is 2.50 bits per heavy atom. The SMILES string of the molecule is CC(Nc1ccccc1CC(N)=O)c1ccc(Cl)cc1. The third-order valence-electron chi connectivity index (χ3n) is 3.12. The molecular formula is C16H17ClN2O. The van der Waals surface area contributed by atoms with Crippen molar-refractivity contribution in [2.75, 3.05) is 5.32 Å². The molecule has 1 amide bonds. The molecule has 2 aromatic carbocycles.